The van der Waals surface area contributed by atoms with Crippen molar-refractivity contribution >= 4 is 120 Å². The number of nitrogens with one attached hydrogen (secondary N) is 5. The second kappa shape index (κ2) is 37.5. The van der Waals surface area contributed by atoms with Crippen LogP contribution in [0.3, 0.4) is 0 Å². The first-order valence-electron chi connectivity index (χ1n) is 31.9. The highest BCUT2D eigenvalue weighted by Gasteiger charge is 2.30. The molecule has 4 aliphatic heterocycles. The van der Waals surface area contributed by atoms with Crippen molar-refractivity contribution in [1.29, 1.82) is 0 Å². The summed E-state index contributed by atoms with van der Waals surface area (Å²) in [7, 11) is 0. The summed E-state index contributed by atoms with van der Waals surface area (Å²) in [5, 5.41) is 14.1. The molecule has 0 spiro atoms. The number of anilines is 4. The molecule has 4 heterocycles. The number of urea groups is 1. The number of amides is 5. The van der Waals surface area contributed by atoms with Crippen LogP contribution in [0.2, 0.25) is 10.0 Å². The van der Waals surface area contributed by atoms with Crippen molar-refractivity contribution in [2.45, 2.75) is 103 Å². The van der Waals surface area contributed by atoms with Crippen molar-refractivity contribution < 1.29 is 46.6 Å². The van der Waals surface area contributed by atoms with Gasteiger partial charge in [-0.25, -0.2) is 39.1 Å². The van der Waals surface area contributed by atoms with Gasteiger partial charge < -0.3 is 24.8 Å². The van der Waals surface area contributed by atoms with Crippen LogP contribution < -0.4 is 26.6 Å². The summed E-state index contributed by atoms with van der Waals surface area (Å²) < 4.78 is 53.6. The van der Waals surface area contributed by atoms with Gasteiger partial charge in [-0.05, 0) is 163 Å². The van der Waals surface area contributed by atoms with E-state index in [1.807, 2.05) is 161 Å². The molecule has 0 fully saturated rings. The van der Waals surface area contributed by atoms with Crippen LogP contribution in [0.5, 0.6) is 0 Å². The molecule has 518 valence electrons. The Morgan fingerprint density at radius 2 is 0.752 bits per heavy atom. The van der Waals surface area contributed by atoms with Gasteiger partial charge in [0.05, 0.1) is 39.8 Å². The van der Waals surface area contributed by atoms with Gasteiger partial charge in [-0.2, -0.15) is 13.2 Å². The number of hydrogen-bond donors (Lipinski definition) is 5. The van der Waals surface area contributed by atoms with Crippen LogP contribution in [0, 0.1) is 20.8 Å². The van der Waals surface area contributed by atoms with Gasteiger partial charge in [-0.1, -0.05) is 150 Å². The molecule has 5 amide bonds. The highest BCUT2D eigenvalue weighted by atomic mass is 35.5. The number of rotatable bonds is 20. The minimum Gasteiger partial charge on any atom is -0.444 e. The van der Waals surface area contributed by atoms with E-state index in [4.69, 9.17) is 37.4 Å². The Morgan fingerprint density at radius 3 is 1.13 bits per heavy atom. The number of aryl methyl sites for hydroxylation is 3. The second-order valence-electron chi connectivity index (χ2n) is 23.5. The van der Waals surface area contributed by atoms with Crippen LogP contribution in [-0.4, -0.2) is 98.7 Å². The average molecular weight is 1410 g/mol. The molecule has 101 heavy (non-hydrogen) atoms. The molecule has 4 aliphatic rings. The van der Waals surface area contributed by atoms with E-state index < -0.39 is 30.0 Å². The predicted molar refractivity (Wildman–Crippen MR) is 396 cm³/mol. The summed E-state index contributed by atoms with van der Waals surface area (Å²) in [6.07, 6.45) is 10.5. The van der Waals surface area contributed by atoms with Crippen molar-refractivity contribution in [2.75, 3.05) is 21.3 Å². The quantitative estimate of drug-likeness (QED) is 0.0461. The van der Waals surface area contributed by atoms with Crippen molar-refractivity contribution in [3.05, 3.63) is 259 Å². The van der Waals surface area contributed by atoms with E-state index in [-0.39, 0.29) is 55.7 Å². The molecule has 0 bridgehead atoms. The van der Waals surface area contributed by atoms with E-state index in [0.29, 0.717) is 22.3 Å². The minimum atomic E-state index is -4.47. The molecule has 0 aliphatic carbocycles. The van der Waals surface area contributed by atoms with Crippen LogP contribution in [-0.2, 0) is 72.4 Å². The fraction of sp³-hybridized carbons (Fsp3) is 0.211. The highest BCUT2D eigenvalue weighted by Crippen LogP contribution is 2.31. The summed E-state index contributed by atoms with van der Waals surface area (Å²) in [6, 6.07) is 54.5. The SMILES string of the molecule is Cc1cc(C)cc(NC(=O)OCc2ccc(CC3C=NC=N3)cc2)c1.Cc1ccc(NC(=O)NCc2ccc(CC3C=NC=N3)cc2)cc1.O=C(Nc1ccc(Cl)c(Cl)c1)OCc1ccc(CC2C=NC=N2)cc1.O=C(Nc1cccc(C(F)(F)F)c1)OCc1ccc(CC2C=NC=N2)cc1. The number of carbonyl (C=O) groups is 4. The van der Waals surface area contributed by atoms with Crippen LogP contribution in [0.25, 0.3) is 0 Å². The van der Waals surface area contributed by atoms with Crippen LogP contribution in [0.15, 0.2) is 222 Å². The van der Waals surface area contributed by atoms with E-state index >= 15 is 0 Å². The Kier molecular flexibility index (Phi) is 27.4. The number of nitrogens with zero attached hydrogens (tertiary/aromatic N) is 8. The van der Waals surface area contributed by atoms with Gasteiger partial charge in [-0.3, -0.25) is 35.9 Å². The normalized spacial score (nSPS) is 15.5. The van der Waals surface area contributed by atoms with Gasteiger partial charge in [-0.15, -0.1) is 0 Å². The first-order chi connectivity index (χ1) is 48.8. The maximum atomic E-state index is 12.7. The van der Waals surface area contributed by atoms with Gasteiger partial charge >= 0.3 is 30.5 Å². The average Bonchev–Trinajstić information content (AvgIpc) is 1.49. The number of aliphatic imine (C=N–C) groups is 8. The van der Waals surface area contributed by atoms with Crippen molar-refractivity contribution in [3.8, 4) is 0 Å². The lowest BCUT2D eigenvalue weighted by molar-refractivity contribution is -0.137. The third-order valence-corrected chi connectivity index (χ3v) is 15.9. The Labute approximate surface area is 592 Å². The Hall–Kier alpha value is -11.4. The molecule has 20 nitrogen and oxygen atoms in total. The molecule has 4 unspecified atom stereocenters. The Morgan fingerprint density at radius 1 is 0.386 bits per heavy atom. The lowest BCUT2D eigenvalue weighted by atomic mass is 10.1. The molecule has 0 saturated carbocycles. The fourth-order valence-electron chi connectivity index (χ4n) is 9.99. The Bertz CT molecular complexity index is 4290. The molecule has 5 N–H and O–H groups in total. The molecule has 25 heteroatoms. The zero-order chi connectivity index (χ0) is 71.4. The monoisotopic (exact) mass is 1410 g/mol. The zero-order valence-corrected chi connectivity index (χ0v) is 56.7. The molecule has 4 atom stereocenters. The Balaban J connectivity index is 0.000000157. The number of alkyl halides is 3. The third-order valence-electron chi connectivity index (χ3n) is 15.1. The predicted octanol–water partition coefficient (Wildman–Crippen LogP) is 16.7. The van der Waals surface area contributed by atoms with E-state index in [9.17, 15) is 32.3 Å². The first kappa shape index (κ1) is 73.8. The van der Waals surface area contributed by atoms with E-state index in [1.54, 1.807) is 43.4 Å². The third kappa shape index (κ3) is 26.1. The lowest BCUT2D eigenvalue weighted by Crippen LogP contribution is -2.28. The van der Waals surface area contributed by atoms with Crippen LogP contribution in [0.1, 0.15) is 66.8 Å². The summed E-state index contributed by atoms with van der Waals surface area (Å²) in [5.74, 6) is 0. The maximum Gasteiger partial charge on any atom is 0.416 e. The molecular formula is C76H72Cl2F3N13O7. The molecule has 8 aromatic rings. The number of ether oxygens (including phenoxy) is 3. The van der Waals surface area contributed by atoms with Gasteiger partial charge in [0.2, 0.25) is 0 Å². The smallest absolute Gasteiger partial charge is 0.416 e. The van der Waals surface area contributed by atoms with Crippen LogP contribution >= 0.6 is 23.2 Å². The van der Waals surface area contributed by atoms with Gasteiger partial charge in [0.15, 0.2) is 0 Å². The molecule has 8 aromatic carbocycles. The second-order valence-corrected chi connectivity index (χ2v) is 24.3. The van der Waals surface area contributed by atoms with E-state index in [2.05, 4.69) is 84.7 Å². The summed E-state index contributed by atoms with van der Waals surface area (Å²) >= 11 is 11.7. The van der Waals surface area contributed by atoms with E-state index in [0.717, 1.165) is 99.3 Å². The number of carbonyl (C=O) groups excluding carboxylic acids is 4. The first-order valence-corrected chi connectivity index (χ1v) is 32.7. The van der Waals surface area contributed by atoms with Gasteiger partial charge in [0, 0.05) is 54.2 Å². The summed E-state index contributed by atoms with van der Waals surface area (Å²) in [4.78, 5) is 80.3. The lowest BCUT2D eigenvalue weighted by Gasteiger charge is -2.10. The number of benzene rings is 8. The van der Waals surface area contributed by atoms with Crippen molar-refractivity contribution in [1.82, 2.24) is 5.32 Å². The topological polar surface area (TPSA) is 255 Å². The van der Waals surface area contributed by atoms with E-state index in [1.165, 1.54) is 29.6 Å². The summed E-state index contributed by atoms with van der Waals surface area (Å²) in [6.45, 7) is 6.91. The molecule has 0 radical (unpaired) electrons. The number of hydrogen-bond acceptors (Lipinski definition) is 15. The van der Waals surface area contributed by atoms with Gasteiger partial charge in [0.25, 0.3) is 0 Å². The molecular weight excluding hydrogens is 1330 g/mol. The zero-order valence-electron chi connectivity index (χ0n) is 55.2. The largest absolute Gasteiger partial charge is 0.444 e. The van der Waals surface area contributed by atoms with Crippen molar-refractivity contribution in [2.24, 2.45) is 39.9 Å². The summed E-state index contributed by atoms with van der Waals surface area (Å²) in [5.41, 5.74) is 12.9. The fourth-order valence-corrected chi connectivity index (χ4v) is 10.3. The van der Waals surface area contributed by atoms with Crippen molar-refractivity contribution in [3.63, 3.8) is 0 Å². The molecule has 0 aromatic heterocycles. The van der Waals surface area contributed by atoms with Crippen LogP contribution in [0.4, 0.5) is 55.1 Å². The minimum absolute atomic E-state index is 0.00805. The maximum absolute atomic E-state index is 12.7. The standard InChI is InChI=1S/C20H21N3O2.C19H16F3N3O2.C19H20N4O.C18H15Cl2N3O2/c1-14-7-15(2)9-18(8-14)23-20(24)25-12-17-5-3-16(4-6-17)10-19-11-21-13-22-19;20-19(21,22)15-2-1-3-16(9-15)25-18(26)27-11-14-6-4-13(5-7-14)8-17-10-23-12-24-17;1-14-2-8-17(9-3-14)23-19(24)21-11-16-6-4-15(5-7-16)10-18-12-20-13-22-18;19-16-6-5-14(8-17(16)20)23-18(24)25-10-13-3-1-12(2-4-13)7-15-9-21-11-22-15/h3-9,11,13,19H,10,12H2,1-2H3,(H,23,24);1-7,9-10,12,17H,8,11H2,(H,25,26);2-9,12-13,18H,10-11H2,1H3,(H2,21,23,24);1-6,8-9,11,15H,7,10H2,(H,23,24). The highest BCUT2D eigenvalue weighted by molar-refractivity contribution is 6.42. The number of halogens is 5. The molecule has 12 rings (SSSR count). The van der Waals surface area contributed by atoms with Gasteiger partial charge in [0.1, 0.15) is 45.2 Å². The molecule has 0 saturated heterocycles.